The number of allylic oxidation sites excluding steroid dienone is 1. The third-order valence-electron chi connectivity index (χ3n) is 8.88. The summed E-state index contributed by atoms with van der Waals surface area (Å²) in [6, 6.07) is 0.758. The largest absolute Gasteiger partial charge is 0.464 e. The van der Waals surface area contributed by atoms with E-state index in [9.17, 15) is 4.79 Å². The van der Waals surface area contributed by atoms with Gasteiger partial charge in [0, 0.05) is 12.5 Å². The number of rotatable bonds is 3. The van der Waals surface area contributed by atoms with Gasteiger partial charge in [-0.2, -0.15) is 0 Å². The Balaban J connectivity index is 1.60. The van der Waals surface area contributed by atoms with Gasteiger partial charge in [-0.05, 0) is 87.6 Å². The fraction of sp³-hybridized carbons (Fsp3) is 0.864. The summed E-state index contributed by atoms with van der Waals surface area (Å²) in [4.78, 5) is 13.2. The zero-order valence-electron chi connectivity index (χ0n) is 16.5. The maximum absolute atomic E-state index is 10.7. The highest BCUT2D eigenvalue weighted by molar-refractivity contribution is 5.38. The molecule has 0 spiro atoms. The molecule has 7 atom stereocenters. The van der Waals surface area contributed by atoms with E-state index in [1.165, 1.54) is 38.5 Å². The quantitative estimate of drug-likeness (QED) is 0.560. The number of carbonyl (C=O) groups excluding carboxylic acids is 1. The summed E-state index contributed by atoms with van der Waals surface area (Å²) >= 11 is 0. The summed E-state index contributed by atoms with van der Waals surface area (Å²) in [6.45, 7) is 5.75. The Hall–Kier alpha value is -0.830. The lowest BCUT2D eigenvalue weighted by Crippen LogP contribution is -2.53. The average molecular weight is 346 g/mol. The second-order valence-electron chi connectivity index (χ2n) is 9.96. The van der Waals surface area contributed by atoms with Crippen LogP contribution >= 0.6 is 0 Å². The van der Waals surface area contributed by atoms with E-state index in [0.29, 0.717) is 17.3 Å². The predicted octanol–water partition coefficient (Wildman–Crippen LogP) is 4.42. The maximum atomic E-state index is 10.7. The minimum Gasteiger partial charge on any atom is -0.464 e. The third kappa shape index (κ3) is 2.52. The smallest absolute Gasteiger partial charge is 0.293 e. The first-order chi connectivity index (χ1) is 11.9. The van der Waals surface area contributed by atoms with Gasteiger partial charge in [0.25, 0.3) is 6.47 Å². The molecule has 0 radical (unpaired) electrons. The van der Waals surface area contributed by atoms with E-state index in [0.717, 1.165) is 36.6 Å². The van der Waals surface area contributed by atoms with E-state index in [2.05, 4.69) is 38.9 Å². The van der Waals surface area contributed by atoms with Crippen molar-refractivity contribution >= 4 is 6.47 Å². The highest BCUT2D eigenvalue weighted by Crippen LogP contribution is 2.65. The standard InChI is InChI=1S/C22H35NO2/c1-21-11-9-16(25-14-24)13-15(21)5-6-17-18-7-8-20(23(3)4)22(18,2)12-10-19(17)21/h5,14,16-20H,6-13H2,1-4H3/t16?,17-,18-,19-,20?,21-,22-/m0/s1. The number of carbonyl (C=O) groups is 1. The fourth-order valence-corrected chi connectivity index (χ4v) is 7.64. The van der Waals surface area contributed by atoms with Crippen molar-refractivity contribution in [2.45, 2.75) is 77.4 Å². The lowest BCUT2D eigenvalue weighted by atomic mass is 9.48. The van der Waals surface area contributed by atoms with Crippen LogP contribution in [0.3, 0.4) is 0 Å². The average Bonchev–Trinajstić information content (AvgIpc) is 2.93. The van der Waals surface area contributed by atoms with Gasteiger partial charge < -0.3 is 9.64 Å². The fourth-order valence-electron chi connectivity index (χ4n) is 7.64. The Morgan fingerprint density at radius 2 is 1.92 bits per heavy atom. The molecule has 2 unspecified atom stereocenters. The molecule has 0 saturated heterocycles. The molecule has 0 N–H and O–H groups in total. The van der Waals surface area contributed by atoms with Crippen LogP contribution in [0.4, 0.5) is 0 Å². The Bertz CT molecular complexity index is 570. The molecule has 3 nitrogen and oxygen atoms in total. The zero-order chi connectivity index (χ0) is 17.8. The first kappa shape index (κ1) is 17.6. The van der Waals surface area contributed by atoms with E-state index >= 15 is 0 Å². The lowest BCUT2D eigenvalue weighted by Gasteiger charge is -2.58. The van der Waals surface area contributed by atoms with Crippen LogP contribution < -0.4 is 0 Å². The van der Waals surface area contributed by atoms with Gasteiger partial charge in [0.15, 0.2) is 0 Å². The van der Waals surface area contributed by atoms with Gasteiger partial charge in [-0.15, -0.1) is 0 Å². The molecule has 4 rings (SSSR count). The topological polar surface area (TPSA) is 29.5 Å². The number of fused-ring (bicyclic) bond motifs is 5. The highest BCUT2D eigenvalue weighted by atomic mass is 16.5. The van der Waals surface area contributed by atoms with E-state index in [4.69, 9.17) is 4.74 Å². The van der Waals surface area contributed by atoms with Crippen molar-refractivity contribution in [1.82, 2.24) is 4.90 Å². The van der Waals surface area contributed by atoms with Gasteiger partial charge >= 0.3 is 0 Å². The summed E-state index contributed by atoms with van der Waals surface area (Å²) in [6.07, 6.45) is 12.7. The van der Waals surface area contributed by atoms with Crippen LogP contribution in [0, 0.1) is 28.6 Å². The molecule has 0 amide bonds. The first-order valence-corrected chi connectivity index (χ1v) is 10.3. The van der Waals surface area contributed by atoms with Gasteiger partial charge in [0.1, 0.15) is 6.10 Å². The second-order valence-corrected chi connectivity index (χ2v) is 9.96. The Kier molecular flexibility index (Phi) is 4.30. The molecular weight excluding hydrogens is 310 g/mol. The van der Waals surface area contributed by atoms with Crippen LogP contribution in [0.25, 0.3) is 0 Å². The van der Waals surface area contributed by atoms with Crippen molar-refractivity contribution < 1.29 is 9.53 Å². The molecule has 0 aromatic carbocycles. The molecule has 25 heavy (non-hydrogen) atoms. The molecule has 3 saturated carbocycles. The van der Waals surface area contributed by atoms with Gasteiger partial charge in [0.05, 0.1) is 0 Å². The number of hydrogen-bond donors (Lipinski definition) is 0. The molecule has 0 aromatic heterocycles. The van der Waals surface area contributed by atoms with E-state index < -0.39 is 0 Å². The second kappa shape index (κ2) is 6.11. The van der Waals surface area contributed by atoms with Crippen molar-refractivity contribution in [2.24, 2.45) is 28.6 Å². The summed E-state index contributed by atoms with van der Waals surface area (Å²) < 4.78 is 5.31. The van der Waals surface area contributed by atoms with Crippen LogP contribution in [-0.2, 0) is 9.53 Å². The Morgan fingerprint density at radius 3 is 2.64 bits per heavy atom. The van der Waals surface area contributed by atoms with Crippen molar-refractivity contribution in [3.63, 3.8) is 0 Å². The van der Waals surface area contributed by atoms with Crippen molar-refractivity contribution in [2.75, 3.05) is 14.1 Å². The molecule has 0 heterocycles. The molecule has 4 aliphatic carbocycles. The molecule has 0 aromatic rings. The number of nitrogens with zero attached hydrogens (tertiary/aromatic N) is 1. The van der Waals surface area contributed by atoms with Crippen LogP contribution in [0.2, 0.25) is 0 Å². The van der Waals surface area contributed by atoms with Gasteiger partial charge in [0.2, 0.25) is 0 Å². The molecule has 4 aliphatic rings. The minimum atomic E-state index is 0.117. The van der Waals surface area contributed by atoms with Crippen molar-refractivity contribution in [1.29, 1.82) is 0 Å². The van der Waals surface area contributed by atoms with Gasteiger partial charge in [-0.3, -0.25) is 4.79 Å². The van der Waals surface area contributed by atoms with Crippen LogP contribution in [-0.4, -0.2) is 37.6 Å². The number of hydrogen-bond acceptors (Lipinski definition) is 3. The minimum absolute atomic E-state index is 0.117. The lowest BCUT2D eigenvalue weighted by molar-refractivity contribution is -0.136. The summed E-state index contributed by atoms with van der Waals surface area (Å²) in [5, 5.41) is 0. The summed E-state index contributed by atoms with van der Waals surface area (Å²) in [7, 11) is 4.55. The van der Waals surface area contributed by atoms with Crippen molar-refractivity contribution in [3.05, 3.63) is 11.6 Å². The highest BCUT2D eigenvalue weighted by Gasteiger charge is 2.59. The molecule has 3 fully saturated rings. The van der Waals surface area contributed by atoms with Crippen LogP contribution in [0.15, 0.2) is 11.6 Å². The molecular formula is C22H35NO2. The van der Waals surface area contributed by atoms with Crippen molar-refractivity contribution in [3.8, 4) is 0 Å². The van der Waals surface area contributed by atoms with Gasteiger partial charge in [-0.1, -0.05) is 25.5 Å². The first-order valence-electron chi connectivity index (χ1n) is 10.3. The van der Waals surface area contributed by atoms with Crippen LogP contribution in [0.5, 0.6) is 0 Å². The summed E-state index contributed by atoms with van der Waals surface area (Å²) in [5.41, 5.74) is 2.45. The number of ether oxygens (including phenoxy) is 1. The Morgan fingerprint density at radius 1 is 1.12 bits per heavy atom. The SMILES string of the molecule is CN(C)C1CC[C@H]2[C@@H]3CC=C4CC(OC=O)CC[C@]4(C)[C@H]3CC[C@]12C. The molecule has 140 valence electrons. The molecule has 0 bridgehead atoms. The predicted molar refractivity (Wildman–Crippen MR) is 100 cm³/mol. The van der Waals surface area contributed by atoms with Crippen LogP contribution in [0.1, 0.15) is 65.2 Å². The third-order valence-corrected chi connectivity index (χ3v) is 8.88. The van der Waals surface area contributed by atoms with E-state index in [-0.39, 0.29) is 6.10 Å². The Labute approximate surface area is 153 Å². The summed E-state index contributed by atoms with van der Waals surface area (Å²) in [5.74, 6) is 2.59. The normalized spacial score (nSPS) is 49.0. The zero-order valence-corrected chi connectivity index (χ0v) is 16.5. The maximum Gasteiger partial charge on any atom is 0.293 e. The van der Waals surface area contributed by atoms with E-state index in [1.807, 2.05) is 0 Å². The van der Waals surface area contributed by atoms with E-state index in [1.54, 1.807) is 5.57 Å². The monoisotopic (exact) mass is 345 g/mol. The molecule has 0 aliphatic heterocycles. The van der Waals surface area contributed by atoms with Gasteiger partial charge in [-0.25, -0.2) is 0 Å². The molecule has 3 heteroatoms.